The molecule has 0 aromatic heterocycles. The molecule has 0 amide bonds. The quantitative estimate of drug-likeness (QED) is 0.804. The molecule has 1 aliphatic carbocycles. The lowest BCUT2D eigenvalue weighted by Gasteiger charge is -2.61. The first-order valence-electron chi connectivity index (χ1n) is 10.4. The van der Waals surface area contributed by atoms with Gasteiger partial charge in [-0.15, -0.1) is 0 Å². The highest BCUT2D eigenvalue weighted by Gasteiger charge is 2.70. The van der Waals surface area contributed by atoms with Gasteiger partial charge < -0.3 is 19.1 Å². The van der Waals surface area contributed by atoms with Crippen LogP contribution in [0.15, 0.2) is 24.0 Å². The Morgan fingerprint density at radius 3 is 2.85 bits per heavy atom. The topological polar surface area (TPSA) is 34.2 Å². The van der Waals surface area contributed by atoms with E-state index in [9.17, 15) is 0 Å². The van der Waals surface area contributed by atoms with Gasteiger partial charge in [-0.05, 0) is 42.5 Å². The molecule has 0 N–H and O–H groups in total. The summed E-state index contributed by atoms with van der Waals surface area (Å²) >= 11 is 0. The van der Waals surface area contributed by atoms with Crippen LogP contribution in [0.3, 0.4) is 0 Å². The fraction of sp³-hybridized carbons (Fsp3) is 0.636. The van der Waals surface area contributed by atoms with Crippen molar-refractivity contribution in [1.82, 2.24) is 4.90 Å². The van der Waals surface area contributed by atoms with E-state index in [4.69, 9.17) is 14.2 Å². The van der Waals surface area contributed by atoms with Crippen LogP contribution in [0.2, 0.25) is 0 Å². The number of hydrogen-bond donors (Lipinski definition) is 0. The summed E-state index contributed by atoms with van der Waals surface area (Å²) in [6.07, 6.45) is 6.21. The summed E-state index contributed by atoms with van der Waals surface area (Å²) in [7, 11) is 3.50. The molecule has 142 valence electrons. The first-order valence-corrected chi connectivity index (χ1v) is 10.4. The summed E-state index contributed by atoms with van der Waals surface area (Å²) < 4.78 is 17.7. The highest BCUT2D eigenvalue weighted by Crippen LogP contribution is 2.66. The summed E-state index contributed by atoms with van der Waals surface area (Å²) in [5.41, 5.74) is 4.67. The number of rotatable bonds is 2. The Morgan fingerprint density at radius 2 is 2.00 bits per heavy atom. The van der Waals surface area contributed by atoms with Crippen molar-refractivity contribution in [3.05, 3.63) is 29.5 Å². The van der Waals surface area contributed by atoms with E-state index in [0.717, 1.165) is 31.0 Å². The average Bonchev–Trinajstić information content (AvgIpc) is 3.24. The van der Waals surface area contributed by atoms with Gasteiger partial charge in [-0.25, -0.2) is 0 Å². The fourth-order valence-corrected chi connectivity index (χ4v) is 7.81. The van der Waals surface area contributed by atoms with Gasteiger partial charge in [-0.1, -0.05) is 0 Å². The molecule has 5 heteroatoms. The van der Waals surface area contributed by atoms with Gasteiger partial charge in [0.2, 0.25) is 0 Å². The molecular weight excluding hydrogens is 340 g/mol. The van der Waals surface area contributed by atoms with Gasteiger partial charge in [0, 0.05) is 54.7 Å². The molecule has 3 saturated heterocycles. The predicted molar refractivity (Wildman–Crippen MR) is 102 cm³/mol. The summed E-state index contributed by atoms with van der Waals surface area (Å²) in [4.78, 5) is 5.46. The Labute approximate surface area is 159 Å². The lowest BCUT2D eigenvalue weighted by Crippen LogP contribution is -2.69. The minimum absolute atomic E-state index is 0.223. The van der Waals surface area contributed by atoms with Crippen LogP contribution < -0.4 is 14.4 Å². The second kappa shape index (κ2) is 4.75. The van der Waals surface area contributed by atoms with Crippen LogP contribution in [0.5, 0.6) is 11.5 Å². The summed E-state index contributed by atoms with van der Waals surface area (Å²) in [6.45, 7) is 3.39. The minimum atomic E-state index is 0.223. The molecule has 5 nitrogen and oxygen atoms in total. The van der Waals surface area contributed by atoms with Gasteiger partial charge in [-0.2, -0.15) is 0 Å². The maximum Gasteiger partial charge on any atom is 0.162 e. The minimum Gasteiger partial charge on any atom is -0.498 e. The van der Waals surface area contributed by atoms with Crippen molar-refractivity contribution >= 4 is 5.69 Å². The number of benzene rings is 1. The fourth-order valence-electron chi connectivity index (χ4n) is 7.81. The van der Waals surface area contributed by atoms with E-state index >= 15 is 0 Å². The third-order valence-electron chi connectivity index (χ3n) is 8.67. The molecule has 5 heterocycles. The smallest absolute Gasteiger partial charge is 0.162 e. The lowest BCUT2D eigenvalue weighted by atomic mass is 9.53. The van der Waals surface area contributed by atoms with Gasteiger partial charge in [0.15, 0.2) is 11.5 Å². The molecule has 1 aromatic rings. The Kier molecular flexibility index (Phi) is 2.65. The van der Waals surface area contributed by atoms with Gasteiger partial charge >= 0.3 is 0 Å². The number of fused-ring (bicyclic) bond motifs is 2. The first-order chi connectivity index (χ1) is 13.3. The molecule has 1 aromatic carbocycles. The van der Waals surface area contributed by atoms with Crippen molar-refractivity contribution in [1.29, 1.82) is 0 Å². The maximum atomic E-state index is 6.32. The van der Waals surface area contributed by atoms with E-state index in [1.54, 1.807) is 19.8 Å². The number of methoxy groups -OCH3 is 2. The van der Waals surface area contributed by atoms with Crippen LogP contribution in [-0.4, -0.2) is 56.9 Å². The van der Waals surface area contributed by atoms with Crippen molar-refractivity contribution < 1.29 is 14.2 Å². The molecule has 0 unspecified atom stereocenters. The SMILES string of the molecule is COc1cc2c(cc1OC)[C@]13CCN4CC5=CO[C@@H]6CCN2[C@@H]1[C@@H]6[C@H]5C[C@H]43. The highest BCUT2D eigenvalue weighted by atomic mass is 16.5. The van der Waals surface area contributed by atoms with Crippen LogP contribution in [0.25, 0.3) is 0 Å². The number of nitrogens with zero attached hydrogens (tertiary/aromatic N) is 2. The molecule has 6 atom stereocenters. The second-order valence-electron chi connectivity index (χ2n) is 9.21. The predicted octanol–water partition coefficient (Wildman–Crippen LogP) is 2.54. The van der Waals surface area contributed by atoms with Crippen LogP contribution in [0, 0.1) is 11.8 Å². The monoisotopic (exact) mass is 366 g/mol. The van der Waals surface area contributed by atoms with E-state index in [1.807, 2.05) is 0 Å². The van der Waals surface area contributed by atoms with Gasteiger partial charge in [-0.3, -0.25) is 4.90 Å². The van der Waals surface area contributed by atoms with Crippen LogP contribution in [-0.2, 0) is 10.2 Å². The van der Waals surface area contributed by atoms with Crippen LogP contribution in [0.4, 0.5) is 5.69 Å². The van der Waals surface area contributed by atoms with Crippen LogP contribution >= 0.6 is 0 Å². The highest BCUT2D eigenvalue weighted by molar-refractivity contribution is 5.72. The summed E-state index contributed by atoms with van der Waals surface area (Å²) in [5, 5.41) is 0. The molecule has 6 aliphatic rings. The third-order valence-corrected chi connectivity index (χ3v) is 8.67. The van der Waals surface area contributed by atoms with Crippen molar-refractivity contribution in [2.24, 2.45) is 11.8 Å². The van der Waals surface area contributed by atoms with E-state index < -0.39 is 0 Å². The molecule has 1 spiro atoms. The average molecular weight is 366 g/mol. The summed E-state index contributed by atoms with van der Waals surface area (Å²) in [6, 6.07) is 5.76. The van der Waals surface area contributed by atoms with E-state index in [0.29, 0.717) is 30.0 Å². The van der Waals surface area contributed by atoms with Gasteiger partial charge in [0.25, 0.3) is 0 Å². The van der Waals surface area contributed by atoms with E-state index in [2.05, 4.69) is 28.2 Å². The molecule has 2 bridgehead atoms. The molecule has 7 rings (SSSR count). The molecule has 1 saturated carbocycles. The van der Waals surface area contributed by atoms with E-state index in [-0.39, 0.29) is 5.41 Å². The van der Waals surface area contributed by atoms with Crippen molar-refractivity contribution in [3.8, 4) is 11.5 Å². The Morgan fingerprint density at radius 1 is 1.15 bits per heavy atom. The zero-order valence-corrected chi connectivity index (χ0v) is 16.0. The number of ether oxygens (including phenoxy) is 3. The second-order valence-corrected chi connectivity index (χ2v) is 9.21. The maximum absolute atomic E-state index is 6.32. The molecule has 4 fully saturated rings. The van der Waals surface area contributed by atoms with E-state index in [1.165, 1.54) is 30.6 Å². The van der Waals surface area contributed by atoms with Crippen molar-refractivity contribution in [2.75, 3.05) is 38.8 Å². The Bertz CT molecular complexity index is 883. The molecule has 27 heavy (non-hydrogen) atoms. The number of anilines is 1. The normalized spacial score (nSPS) is 42.4. The number of piperidine rings is 2. The molecule has 5 aliphatic heterocycles. The Hall–Kier alpha value is -1.88. The lowest BCUT2D eigenvalue weighted by molar-refractivity contribution is -0.0632. The third kappa shape index (κ3) is 1.52. The standard InChI is InChI=1S/C22H26N2O3/c1-25-17-8-14-15(9-18(17)26-2)24-5-3-16-20-13-7-19-22(14,21(20)24)4-6-23(19)10-12(13)11-27-16/h8-9,11,13,16,19-21H,3-7,10H2,1-2H3/t13-,16+,19-,20+,21+,22-/m0/s1. The zero-order chi connectivity index (χ0) is 17.9. The Balaban J connectivity index is 1.51. The molecular formula is C22H26N2O3. The van der Waals surface area contributed by atoms with Gasteiger partial charge in [0.05, 0.1) is 20.5 Å². The van der Waals surface area contributed by atoms with Gasteiger partial charge in [0.1, 0.15) is 6.10 Å². The summed E-state index contributed by atoms with van der Waals surface area (Å²) in [5.74, 6) is 3.06. The van der Waals surface area contributed by atoms with Crippen molar-refractivity contribution in [3.63, 3.8) is 0 Å². The zero-order valence-electron chi connectivity index (χ0n) is 16.0. The number of hydrogen-bond acceptors (Lipinski definition) is 5. The molecule has 0 radical (unpaired) electrons. The van der Waals surface area contributed by atoms with Crippen LogP contribution in [0.1, 0.15) is 24.8 Å². The first kappa shape index (κ1) is 15.1. The largest absolute Gasteiger partial charge is 0.498 e. The van der Waals surface area contributed by atoms with Crippen molar-refractivity contribution in [2.45, 2.75) is 42.9 Å².